The van der Waals surface area contributed by atoms with Gasteiger partial charge in [-0.2, -0.15) is 0 Å². The second kappa shape index (κ2) is 10.8. The number of allylic oxidation sites excluding steroid dienone is 1. The second-order valence-corrected chi connectivity index (χ2v) is 5.58. The third kappa shape index (κ3) is 11.9. The van der Waals surface area contributed by atoms with Crippen molar-refractivity contribution >= 4 is 21.9 Å². The molecule has 0 aliphatic carbocycles. The molecular weight excluding hydrogens is 280 g/mol. The van der Waals surface area contributed by atoms with Crippen molar-refractivity contribution in [3.8, 4) is 0 Å². The lowest BCUT2D eigenvalue weighted by Crippen LogP contribution is -2.10. The average molecular weight is 305 g/mol. The molecule has 0 saturated heterocycles. The van der Waals surface area contributed by atoms with Crippen LogP contribution in [0.5, 0.6) is 0 Å². The summed E-state index contributed by atoms with van der Waals surface area (Å²) in [5.41, 5.74) is 0. The molecule has 0 heterocycles. The van der Waals surface area contributed by atoms with Crippen LogP contribution in [0.15, 0.2) is 10.6 Å². The number of ether oxygens (including phenoxy) is 1. The fourth-order valence-electron chi connectivity index (χ4n) is 1.50. The fourth-order valence-corrected chi connectivity index (χ4v) is 1.95. The summed E-state index contributed by atoms with van der Waals surface area (Å²) in [7, 11) is 0. The molecule has 0 atom stereocenters. The molecule has 0 radical (unpaired) electrons. The molecule has 0 unspecified atom stereocenters. The molecule has 0 aliphatic rings. The van der Waals surface area contributed by atoms with Gasteiger partial charge in [0, 0.05) is 0 Å². The Morgan fingerprint density at radius 3 is 2.47 bits per heavy atom. The Morgan fingerprint density at radius 2 is 1.88 bits per heavy atom. The molecule has 0 amide bonds. The van der Waals surface area contributed by atoms with Crippen LogP contribution in [0, 0.1) is 0 Å². The predicted molar refractivity (Wildman–Crippen MR) is 76.2 cm³/mol. The Labute approximate surface area is 114 Å². The molecule has 0 saturated carbocycles. The number of esters is 1. The number of carbonyl (C=O) groups is 1. The van der Waals surface area contributed by atoms with Crippen LogP contribution in [-0.4, -0.2) is 12.1 Å². The molecule has 0 aromatic heterocycles. The molecule has 0 N–H and O–H groups in total. The minimum Gasteiger partial charge on any atom is -0.463 e. The second-order valence-electron chi connectivity index (χ2n) is 4.56. The summed E-state index contributed by atoms with van der Waals surface area (Å²) in [6, 6.07) is 0. The zero-order chi connectivity index (χ0) is 13.1. The zero-order valence-electron chi connectivity index (χ0n) is 11.3. The van der Waals surface area contributed by atoms with Gasteiger partial charge in [-0.05, 0) is 31.2 Å². The van der Waals surface area contributed by atoms with Gasteiger partial charge in [0.15, 0.2) is 0 Å². The lowest BCUT2D eigenvalue weighted by Gasteiger charge is -2.06. The standard InChI is InChI=1S/C14H25BrO2/c1-4-5-6-7-8-9-13(15)10-11-14(16)17-12(2)3/h10,12H,4-9,11H2,1-3H3/b13-10+. The number of rotatable bonds is 9. The van der Waals surface area contributed by atoms with E-state index in [0.29, 0.717) is 6.42 Å². The van der Waals surface area contributed by atoms with Crippen molar-refractivity contribution in [3.63, 3.8) is 0 Å². The minimum atomic E-state index is -0.150. The summed E-state index contributed by atoms with van der Waals surface area (Å²) in [6.07, 6.45) is 9.66. The van der Waals surface area contributed by atoms with Gasteiger partial charge in [0.1, 0.15) is 0 Å². The van der Waals surface area contributed by atoms with Gasteiger partial charge in [-0.3, -0.25) is 4.79 Å². The van der Waals surface area contributed by atoms with E-state index >= 15 is 0 Å². The van der Waals surface area contributed by atoms with Gasteiger partial charge in [-0.1, -0.05) is 54.6 Å². The summed E-state index contributed by atoms with van der Waals surface area (Å²) in [5.74, 6) is -0.150. The van der Waals surface area contributed by atoms with Crippen LogP contribution in [0.1, 0.15) is 65.7 Å². The smallest absolute Gasteiger partial charge is 0.309 e. The van der Waals surface area contributed by atoms with E-state index in [1.807, 2.05) is 19.9 Å². The first-order valence-corrected chi connectivity index (χ1v) is 7.39. The number of halogens is 1. The van der Waals surface area contributed by atoms with E-state index in [-0.39, 0.29) is 12.1 Å². The Kier molecular flexibility index (Phi) is 10.6. The Balaban J connectivity index is 3.60. The number of hydrogen-bond acceptors (Lipinski definition) is 2. The Bertz CT molecular complexity index is 234. The van der Waals surface area contributed by atoms with E-state index in [9.17, 15) is 4.79 Å². The van der Waals surface area contributed by atoms with Crippen LogP contribution in [-0.2, 0) is 9.53 Å². The summed E-state index contributed by atoms with van der Waals surface area (Å²) in [4.78, 5) is 11.3. The molecule has 0 aliphatic heterocycles. The Morgan fingerprint density at radius 1 is 1.24 bits per heavy atom. The maximum absolute atomic E-state index is 11.3. The van der Waals surface area contributed by atoms with Gasteiger partial charge in [-0.15, -0.1) is 0 Å². The summed E-state index contributed by atoms with van der Waals surface area (Å²) in [6.45, 7) is 5.95. The molecule has 0 fully saturated rings. The van der Waals surface area contributed by atoms with Crippen LogP contribution in [0.2, 0.25) is 0 Å². The SMILES string of the molecule is CCCCCCC/C(Br)=C\CC(=O)OC(C)C. The van der Waals surface area contributed by atoms with Crippen LogP contribution in [0.25, 0.3) is 0 Å². The normalized spacial score (nSPS) is 11.9. The third-order valence-corrected chi connectivity index (χ3v) is 3.10. The molecule has 0 spiro atoms. The topological polar surface area (TPSA) is 26.3 Å². The molecule has 3 heteroatoms. The van der Waals surface area contributed by atoms with Gasteiger partial charge in [0.05, 0.1) is 12.5 Å². The highest BCUT2D eigenvalue weighted by atomic mass is 79.9. The number of hydrogen-bond donors (Lipinski definition) is 0. The maximum atomic E-state index is 11.3. The van der Waals surface area contributed by atoms with Crippen molar-refractivity contribution in [2.24, 2.45) is 0 Å². The number of unbranched alkanes of at least 4 members (excludes halogenated alkanes) is 4. The van der Waals surface area contributed by atoms with E-state index in [1.165, 1.54) is 32.1 Å². The van der Waals surface area contributed by atoms with E-state index < -0.39 is 0 Å². The lowest BCUT2D eigenvalue weighted by molar-refractivity contribution is -0.146. The fraction of sp³-hybridized carbons (Fsp3) is 0.786. The monoisotopic (exact) mass is 304 g/mol. The van der Waals surface area contributed by atoms with E-state index in [4.69, 9.17) is 4.74 Å². The van der Waals surface area contributed by atoms with Gasteiger partial charge in [0.2, 0.25) is 0 Å². The first-order valence-electron chi connectivity index (χ1n) is 6.60. The largest absolute Gasteiger partial charge is 0.463 e. The molecule has 0 bridgehead atoms. The molecule has 0 aromatic carbocycles. The lowest BCUT2D eigenvalue weighted by atomic mass is 10.1. The van der Waals surface area contributed by atoms with Crippen molar-refractivity contribution in [3.05, 3.63) is 10.6 Å². The quantitative estimate of drug-likeness (QED) is 0.444. The third-order valence-electron chi connectivity index (χ3n) is 2.38. The van der Waals surface area contributed by atoms with E-state index in [2.05, 4.69) is 22.9 Å². The molecule has 0 aromatic rings. The molecule has 100 valence electrons. The van der Waals surface area contributed by atoms with Crippen molar-refractivity contribution in [1.29, 1.82) is 0 Å². The zero-order valence-corrected chi connectivity index (χ0v) is 12.9. The van der Waals surface area contributed by atoms with Crippen LogP contribution < -0.4 is 0 Å². The van der Waals surface area contributed by atoms with E-state index in [0.717, 1.165) is 10.9 Å². The average Bonchev–Trinajstić information content (AvgIpc) is 2.25. The van der Waals surface area contributed by atoms with Gasteiger partial charge in [-0.25, -0.2) is 0 Å². The van der Waals surface area contributed by atoms with Crippen molar-refractivity contribution in [1.82, 2.24) is 0 Å². The van der Waals surface area contributed by atoms with Crippen LogP contribution in [0.3, 0.4) is 0 Å². The Hall–Kier alpha value is -0.310. The molecular formula is C14H25BrO2. The summed E-state index contributed by atoms with van der Waals surface area (Å²) >= 11 is 3.50. The maximum Gasteiger partial charge on any atom is 0.309 e. The molecule has 2 nitrogen and oxygen atoms in total. The first kappa shape index (κ1) is 16.7. The highest BCUT2D eigenvalue weighted by Crippen LogP contribution is 2.17. The van der Waals surface area contributed by atoms with Crippen LogP contribution in [0.4, 0.5) is 0 Å². The van der Waals surface area contributed by atoms with Crippen LogP contribution >= 0.6 is 15.9 Å². The van der Waals surface area contributed by atoms with Gasteiger partial charge < -0.3 is 4.74 Å². The number of carbonyl (C=O) groups excluding carboxylic acids is 1. The van der Waals surface area contributed by atoms with Gasteiger partial charge in [0.25, 0.3) is 0 Å². The van der Waals surface area contributed by atoms with Crippen molar-refractivity contribution in [2.45, 2.75) is 71.8 Å². The summed E-state index contributed by atoms with van der Waals surface area (Å²) in [5, 5.41) is 0. The van der Waals surface area contributed by atoms with E-state index in [1.54, 1.807) is 0 Å². The minimum absolute atomic E-state index is 0.0243. The highest BCUT2D eigenvalue weighted by Gasteiger charge is 2.03. The highest BCUT2D eigenvalue weighted by molar-refractivity contribution is 9.11. The summed E-state index contributed by atoms with van der Waals surface area (Å²) < 4.78 is 6.17. The van der Waals surface area contributed by atoms with Crippen molar-refractivity contribution < 1.29 is 9.53 Å². The molecule has 0 rings (SSSR count). The van der Waals surface area contributed by atoms with Crippen molar-refractivity contribution in [2.75, 3.05) is 0 Å². The van der Waals surface area contributed by atoms with Gasteiger partial charge >= 0.3 is 5.97 Å². The predicted octanol–water partition coefficient (Wildman–Crippen LogP) is 4.97. The molecule has 17 heavy (non-hydrogen) atoms. The first-order chi connectivity index (χ1) is 8.06.